The fourth-order valence-corrected chi connectivity index (χ4v) is 2.64. The number of benzene rings is 1. The lowest BCUT2D eigenvalue weighted by atomic mass is 10.2. The van der Waals surface area contributed by atoms with E-state index in [0.29, 0.717) is 19.6 Å². The molecule has 0 bridgehead atoms. The van der Waals surface area contributed by atoms with Gasteiger partial charge in [-0.1, -0.05) is 18.2 Å². The number of piperazine rings is 1. The molecule has 0 saturated carbocycles. The minimum Gasteiger partial charge on any atom is -0.346 e. The lowest BCUT2D eigenvalue weighted by Crippen LogP contribution is -2.50. The number of hydrogen-bond acceptors (Lipinski definition) is 3. The number of amides is 1. The van der Waals surface area contributed by atoms with E-state index in [1.165, 1.54) is 29.2 Å². The smallest absolute Gasteiger partial charge is 0.346 e. The molecule has 25 heavy (non-hydrogen) atoms. The molecule has 0 spiro atoms. The van der Waals surface area contributed by atoms with Gasteiger partial charge in [-0.2, -0.15) is 13.2 Å². The molecule has 0 radical (unpaired) electrons. The zero-order valence-corrected chi connectivity index (χ0v) is 13.1. The third-order valence-electron chi connectivity index (χ3n) is 3.95. The van der Waals surface area contributed by atoms with Gasteiger partial charge in [0.2, 0.25) is 5.91 Å². The van der Waals surface area contributed by atoms with Crippen LogP contribution in [0.15, 0.2) is 42.5 Å². The molecule has 2 heterocycles. The molecule has 1 aliphatic heterocycles. The molecule has 1 aromatic heterocycles. The second-order valence-electron chi connectivity index (χ2n) is 5.74. The largest absolute Gasteiger partial charge is 0.433 e. The van der Waals surface area contributed by atoms with Crippen molar-refractivity contribution in [1.29, 1.82) is 0 Å². The molecule has 4 nitrogen and oxygen atoms in total. The van der Waals surface area contributed by atoms with Crippen molar-refractivity contribution in [3.05, 3.63) is 59.5 Å². The predicted molar refractivity (Wildman–Crippen MR) is 83.3 cm³/mol. The molecule has 2 aromatic rings. The average molecular weight is 353 g/mol. The van der Waals surface area contributed by atoms with E-state index in [1.54, 1.807) is 17.0 Å². The summed E-state index contributed by atoms with van der Waals surface area (Å²) in [5.74, 6) is -0.435. The van der Waals surface area contributed by atoms with Crippen LogP contribution in [0, 0.1) is 5.82 Å². The Morgan fingerprint density at radius 2 is 1.76 bits per heavy atom. The second-order valence-corrected chi connectivity index (χ2v) is 5.74. The molecule has 0 atom stereocenters. The fraction of sp³-hybridized carbons (Fsp3) is 0.294. The Labute approximate surface area is 141 Å². The lowest BCUT2D eigenvalue weighted by molar-refractivity contribution is -0.141. The standard InChI is InChI=1S/C17H15F4N3O/c18-13-6-4-12(5-7-13)10-24-9-8-23(11-16(24)25)15-3-1-2-14(22-15)17(19,20)21/h1-7H,8-11H2. The molecule has 1 saturated heterocycles. The quantitative estimate of drug-likeness (QED) is 0.796. The van der Waals surface area contributed by atoms with E-state index >= 15 is 0 Å². The summed E-state index contributed by atoms with van der Waals surface area (Å²) < 4.78 is 51.2. The molecular weight excluding hydrogens is 338 g/mol. The summed E-state index contributed by atoms with van der Waals surface area (Å²) in [6, 6.07) is 9.48. The first-order valence-corrected chi connectivity index (χ1v) is 7.64. The van der Waals surface area contributed by atoms with Crippen LogP contribution in [0.5, 0.6) is 0 Å². The van der Waals surface area contributed by atoms with Crippen molar-refractivity contribution < 1.29 is 22.4 Å². The third-order valence-corrected chi connectivity index (χ3v) is 3.95. The van der Waals surface area contributed by atoms with Gasteiger partial charge in [-0.25, -0.2) is 9.37 Å². The van der Waals surface area contributed by atoms with E-state index in [2.05, 4.69) is 4.98 Å². The van der Waals surface area contributed by atoms with Crippen molar-refractivity contribution in [2.45, 2.75) is 12.7 Å². The molecule has 1 amide bonds. The summed E-state index contributed by atoms with van der Waals surface area (Å²) >= 11 is 0. The maximum absolute atomic E-state index is 12.9. The van der Waals surface area contributed by atoms with Crippen molar-refractivity contribution in [3.63, 3.8) is 0 Å². The zero-order valence-electron chi connectivity index (χ0n) is 13.1. The average Bonchev–Trinajstić information content (AvgIpc) is 2.58. The van der Waals surface area contributed by atoms with Crippen molar-refractivity contribution >= 4 is 11.7 Å². The number of carbonyl (C=O) groups is 1. The van der Waals surface area contributed by atoms with Gasteiger partial charge >= 0.3 is 6.18 Å². The monoisotopic (exact) mass is 353 g/mol. The summed E-state index contributed by atoms with van der Waals surface area (Å²) in [4.78, 5) is 19.0. The second kappa shape index (κ2) is 6.70. The zero-order chi connectivity index (χ0) is 18.0. The minimum absolute atomic E-state index is 0.0461. The van der Waals surface area contributed by atoms with Crippen molar-refractivity contribution in [2.75, 3.05) is 24.5 Å². The van der Waals surface area contributed by atoms with E-state index in [-0.39, 0.29) is 24.1 Å². The van der Waals surface area contributed by atoms with E-state index in [0.717, 1.165) is 11.6 Å². The fourth-order valence-electron chi connectivity index (χ4n) is 2.64. The van der Waals surface area contributed by atoms with Gasteiger partial charge in [-0.05, 0) is 29.8 Å². The summed E-state index contributed by atoms with van der Waals surface area (Å²) in [5.41, 5.74) is -0.188. The number of alkyl halides is 3. The number of aromatic nitrogens is 1. The highest BCUT2D eigenvalue weighted by Gasteiger charge is 2.33. The van der Waals surface area contributed by atoms with Gasteiger partial charge in [0, 0.05) is 19.6 Å². The highest BCUT2D eigenvalue weighted by Crippen LogP contribution is 2.29. The summed E-state index contributed by atoms with van der Waals surface area (Å²) in [7, 11) is 0. The molecule has 0 aliphatic carbocycles. The number of pyridine rings is 1. The lowest BCUT2D eigenvalue weighted by Gasteiger charge is -2.35. The predicted octanol–water partition coefficient (Wildman–Crippen LogP) is 3.09. The van der Waals surface area contributed by atoms with Crippen molar-refractivity contribution in [3.8, 4) is 0 Å². The molecule has 1 aliphatic rings. The van der Waals surface area contributed by atoms with Crippen LogP contribution in [0.1, 0.15) is 11.3 Å². The van der Waals surface area contributed by atoms with Crippen LogP contribution >= 0.6 is 0 Å². The van der Waals surface area contributed by atoms with Crippen LogP contribution in [-0.4, -0.2) is 35.4 Å². The molecule has 1 fully saturated rings. The summed E-state index contributed by atoms with van der Waals surface area (Å²) in [6.07, 6.45) is -4.52. The van der Waals surface area contributed by atoms with Gasteiger partial charge in [-0.3, -0.25) is 4.79 Å². The first-order valence-electron chi connectivity index (χ1n) is 7.64. The Hall–Kier alpha value is -2.64. The Balaban J connectivity index is 1.67. The van der Waals surface area contributed by atoms with Crippen LogP contribution in [0.3, 0.4) is 0 Å². The first kappa shape index (κ1) is 17.2. The van der Waals surface area contributed by atoms with Crippen LogP contribution < -0.4 is 4.90 Å². The minimum atomic E-state index is -4.52. The van der Waals surface area contributed by atoms with Gasteiger partial charge in [0.1, 0.15) is 17.3 Å². The summed E-state index contributed by atoms with van der Waals surface area (Å²) in [6.45, 7) is 1.02. The summed E-state index contributed by atoms with van der Waals surface area (Å²) in [5, 5.41) is 0. The molecule has 0 N–H and O–H groups in total. The number of hydrogen-bond donors (Lipinski definition) is 0. The Morgan fingerprint density at radius 3 is 2.40 bits per heavy atom. The molecule has 8 heteroatoms. The van der Waals surface area contributed by atoms with E-state index < -0.39 is 11.9 Å². The highest BCUT2D eigenvalue weighted by molar-refractivity contribution is 5.82. The van der Waals surface area contributed by atoms with Crippen LogP contribution in [0.4, 0.5) is 23.4 Å². The Bertz CT molecular complexity index is 761. The van der Waals surface area contributed by atoms with E-state index in [9.17, 15) is 22.4 Å². The van der Waals surface area contributed by atoms with Crippen molar-refractivity contribution in [2.24, 2.45) is 0 Å². The van der Waals surface area contributed by atoms with E-state index in [1.807, 2.05) is 0 Å². The SMILES string of the molecule is O=C1CN(c2cccc(C(F)(F)F)n2)CCN1Cc1ccc(F)cc1. The van der Waals surface area contributed by atoms with Gasteiger partial charge in [-0.15, -0.1) is 0 Å². The van der Waals surface area contributed by atoms with Crippen LogP contribution in [0.25, 0.3) is 0 Å². The number of nitrogens with zero attached hydrogens (tertiary/aromatic N) is 3. The van der Waals surface area contributed by atoms with E-state index in [4.69, 9.17) is 0 Å². The first-order chi connectivity index (χ1) is 11.8. The Morgan fingerprint density at radius 1 is 1.04 bits per heavy atom. The Kier molecular flexibility index (Phi) is 4.61. The maximum Gasteiger partial charge on any atom is 0.433 e. The molecule has 3 rings (SSSR count). The van der Waals surface area contributed by atoms with Gasteiger partial charge in [0.15, 0.2) is 0 Å². The number of rotatable bonds is 3. The van der Waals surface area contributed by atoms with Crippen LogP contribution in [0.2, 0.25) is 0 Å². The molecular formula is C17H15F4N3O. The normalized spacial score (nSPS) is 15.6. The maximum atomic E-state index is 12.9. The van der Waals surface area contributed by atoms with Gasteiger partial charge in [0.25, 0.3) is 0 Å². The topological polar surface area (TPSA) is 36.4 Å². The highest BCUT2D eigenvalue weighted by atomic mass is 19.4. The third kappa shape index (κ3) is 4.07. The number of anilines is 1. The van der Waals surface area contributed by atoms with Gasteiger partial charge < -0.3 is 9.80 Å². The molecule has 0 unspecified atom stereocenters. The van der Waals surface area contributed by atoms with Gasteiger partial charge in [0.05, 0.1) is 6.54 Å². The van der Waals surface area contributed by atoms with Crippen LogP contribution in [-0.2, 0) is 17.5 Å². The molecule has 1 aromatic carbocycles. The number of carbonyl (C=O) groups excluding carboxylic acids is 1. The molecule has 132 valence electrons. The number of halogens is 4. The van der Waals surface area contributed by atoms with Crippen molar-refractivity contribution in [1.82, 2.24) is 9.88 Å².